The highest BCUT2D eigenvalue weighted by atomic mass is 32.2. The number of hydrogen-bond donors (Lipinski definition) is 2. The van der Waals surface area contributed by atoms with Crippen molar-refractivity contribution in [3.63, 3.8) is 0 Å². The van der Waals surface area contributed by atoms with E-state index in [2.05, 4.69) is 0 Å². The van der Waals surface area contributed by atoms with Crippen LogP contribution in [0.1, 0.15) is 18.6 Å². The van der Waals surface area contributed by atoms with Crippen molar-refractivity contribution in [3.05, 3.63) is 29.8 Å². The summed E-state index contributed by atoms with van der Waals surface area (Å²) >= 11 is 0. The second-order valence-electron chi connectivity index (χ2n) is 4.88. The van der Waals surface area contributed by atoms with E-state index in [9.17, 15) is 13.5 Å². The zero-order valence-electron chi connectivity index (χ0n) is 10.3. The maximum Gasteiger partial charge on any atom is 0.214 e. The van der Waals surface area contributed by atoms with Crippen molar-refractivity contribution in [3.8, 4) is 0 Å². The summed E-state index contributed by atoms with van der Waals surface area (Å²) in [5.74, 6) is 0.287. The third kappa shape index (κ3) is 2.82. The molecular formula is C12H18N2O3S. The summed E-state index contributed by atoms with van der Waals surface area (Å²) in [6.45, 7) is 2.48. The number of aliphatic hydroxyl groups excluding tert-OH is 1. The predicted octanol–water partition coefficient (Wildman–Crippen LogP) is 0.584. The van der Waals surface area contributed by atoms with Crippen molar-refractivity contribution < 1.29 is 13.5 Å². The predicted molar refractivity (Wildman–Crippen MR) is 70.3 cm³/mol. The molecule has 2 unspecified atom stereocenters. The third-order valence-corrected chi connectivity index (χ3v) is 5.18. The second-order valence-corrected chi connectivity index (χ2v) is 6.90. The molecule has 0 radical (unpaired) electrons. The molecule has 1 aromatic rings. The standard InChI is InChI=1S/C12H18N2O3S/c1-9-6-14(18(16,17)8-9)7-12(15)10-2-4-11(13)5-3-10/h2-5,9,12,15H,6-8,13H2,1H3. The van der Waals surface area contributed by atoms with Crippen LogP contribution in [-0.4, -0.2) is 36.7 Å². The van der Waals surface area contributed by atoms with Gasteiger partial charge in [-0.25, -0.2) is 8.42 Å². The van der Waals surface area contributed by atoms with E-state index in [0.29, 0.717) is 17.8 Å². The molecule has 2 rings (SSSR count). The number of rotatable bonds is 3. The van der Waals surface area contributed by atoms with Gasteiger partial charge in [0.25, 0.3) is 0 Å². The number of nitrogen functional groups attached to an aromatic ring is 1. The Hall–Kier alpha value is -1.11. The Morgan fingerprint density at radius 1 is 1.44 bits per heavy atom. The van der Waals surface area contributed by atoms with Gasteiger partial charge >= 0.3 is 0 Å². The van der Waals surface area contributed by atoms with E-state index in [-0.39, 0.29) is 18.2 Å². The van der Waals surface area contributed by atoms with E-state index >= 15 is 0 Å². The molecule has 0 spiro atoms. The lowest BCUT2D eigenvalue weighted by atomic mass is 10.1. The van der Waals surface area contributed by atoms with Crippen LogP contribution >= 0.6 is 0 Å². The zero-order valence-corrected chi connectivity index (χ0v) is 11.1. The van der Waals surface area contributed by atoms with Crippen LogP contribution in [0.2, 0.25) is 0 Å². The molecule has 3 N–H and O–H groups in total. The zero-order chi connectivity index (χ0) is 13.3. The van der Waals surface area contributed by atoms with E-state index in [4.69, 9.17) is 5.73 Å². The molecule has 1 saturated heterocycles. The Kier molecular flexibility index (Phi) is 3.61. The number of benzene rings is 1. The summed E-state index contributed by atoms with van der Waals surface area (Å²) in [5.41, 5.74) is 6.86. The highest BCUT2D eigenvalue weighted by molar-refractivity contribution is 7.89. The topological polar surface area (TPSA) is 83.6 Å². The molecule has 1 fully saturated rings. The van der Waals surface area contributed by atoms with E-state index in [1.165, 1.54) is 4.31 Å². The maximum absolute atomic E-state index is 11.8. The fraction of sp³-hybridized carbons (Fsp3) is 0.500. The Morgan fingerprint density at radius 2 is 2.06 bits per heavy atom. The van der Waals surface area contributed by atoms with Crippen LogP contribution in [0.5, 0.6) is 0 Å². The molecule has 6 heteroatoms. The van der Waals surface area contributed by atoms with Crippen LogP contribution in [0.4, 0.5) is 5.69 Å². The number of anilines is 1. The van der Waals surface area contributed by atoms with Gasteiger partial charge in [0.05, 0.1) is 11.9 Å². The van der Waals surface area contributed by atoms with Gasteiger partial charge in [-0.1, -0.05) is 19.1 Å². The summed E-state index contributed by atoms with van der Waals surface area (Å²) in [6, 6.07) is 6.82. The van der Waals surface area contributed by atoms with Crippen molar-refractivity contribution in [1.29, 1.82) is 0 Å². The normalized spacial score (nSPS) is 25.1. The minimum absolute atomic E-state index is 0.108. The lowest BCUT2D eigenvalue weighted by molar-refractivity contribution is 0.148. The SMILES string of the molecule is CC1CN(CC(O)c2ccc(N)cc2)S(=O)(=O)C1. The number of β-amino-alcohol motifs (C(OH)–C–C–N with tert-alkyl or cyclic N) is 1. The first-order valence-electron chi connectivity index (χ1n) is 5.90. The van der Waals surface area contributed by atoms with Gasteiger partial charge < -0.3 is 10.8 Å². The van der Waals surface area contributed by atoms with Crippen LogP contribution in [0.15, 0.2) is 24.3 Å². The summed E-state index contributed by atoms with van der Waals surface area (Å²) in [4.78, 5) is 0. The van der Waals surface area contributed by atoms with Crippen molar-refractivity contribution in [2.75, 3.05) is 24.6 Å². The molecule has 2 atom stereocenters. The number of nitrogens with two attached hydrogens (primary N) is 1. The fourth-order valence-corrected chi connectivity index (χ4v) is 4.07. The molecule has 18 heavy (non-hydrogen) atoms. The van der Waals surface area contributed by atoms with E-state index in [1.807, 2.05) is 6.92 Å². The van der Waals surface area contributed by atoms with E-state index < -0.39 is 16.1 Å². The van der Waals surface area contributed by atoms with Gasteiger partial charge in [-0.05, 0) is 23.6 Å². The average molecular weight is 270 g/mol. The van der Waals surface area contributed by atoms with Crippen molar-refractivity contribution >= 4 is 15.7 Å². The molecule has 0 saturated carbocycles. The molecule has 0 aliphatic carbocycles. The highest BCUT2D eigenvalue weighted by Crippen LogP contribution is 2.23. The highest BCUT2D eigenvalue weighted by Gasteiger charge is 2.34. The number of aliphatic hydroxyl groups is 1. The van der Waals surface area contributed by atoms with Crippen molar-refractivity contribution in [1.82, 2.24) is 4.31 Å². The van der Waals surface area contributed by atoms with Gasteiger partial charge in [0.15, 0.2) is 0 Å². The van der Waals surface area contributed by atoms with Crippen LogP contribution in [0, 0.1) is 5.92 Å². The van der Waals surface area contributed by atoms with Gasteiger partial charge in [0, 0.05) is 18.8 Å². The molecule has 1 aliphatic heterocycles. The third-order valence-electron chi connectivity index (χ3n) is 3.10. The molecule has 0 bridgehead atoms. The van der Waals surface area contributed by atoms with Crippen molar-refractivity contribution in [2.24, 2.45) is 5.92 Å². The first kappa shape index (κ1) is 13.3. The summed E-state index contributed by atoms with van der Waals surface area (Å²) in [7, 11) is -3.20. The molecular weight excluding hydrogens is 252 g/mol. The lowest BCUT2D eigenvalue weighted by Gasteiger charge is -2.19. The molecule has 1 heterocycles. The van der Waals surface area contributed by atoms with E-state index in [0.717, 1.165) is 0 Å². The number of nitrogens with zero attached hydrogens (tertiary/aromatic N) is 1. The van der Waals surface area contributed by atoms with Crippen LogP contribution in [0.3, 0.4) is 0 Å². The molecule has 5 nitrogen and oxygen atoms in total. The first-order valence-corrected chi connectivity index (χ1v) is 7.51. The van der Waals surface area contributed by atoms with Gasteiger partial charge in [-0.3, -0.25) is 0 Å². The quantitative estimate of drug-likeness (QED) is 0.787. The largest absolute Gasteiger partial charge is 0.399 e. The molecule has 0 amide bonds. The summed E-state index contributed by atoms with van der Waals surface area (Å²) < 4.78 is 24.9. The van der Waals surface area contributed by atoms with Gasteiger partial charge in [0.2, 0.25) is 10.0 Å². The Balaban J connectivity index is 2.08. The second kappa shape index (κ2) is 4.87. The first-order chi connectivity index (χ1) is 8.38. The minimum Gasteiger partial charge on any atom is -0.399 e. The summed E-state index contributed by atoms with van der Waals surface area (Å²) in [5, 5.41) is 10.0. The van der Waals surface area contributed by atoms with Gasteiger partial charge in [0.1, 0.15) is 0 Å². The average Bonchev–Trinajstić information content (AvgIpc) is 2.52. The van der Waals surface area contributed by atoms with Gasteiger partial charge in [-0.15, -0.1) is 0 Å². The van der Waals surface area contributed by atoms with Crippen LogP contribution in [-0.2, 0) is 10.0 Å². The fourth-order valence-electron chi connectivity index (χ4n) is 2.18. The molecule has 0 aromatic heterocycles. The number of hydrogen-bond acceptors (Lipinski definition) is 4. The minimum atomic E-state index is -3.20. The number of sulfonamides is 1. The van der Waals surface area contributed by atoms with Gasteiger partial charge in [-0.2, -0.15) is 4.31 Å². The Labute approximate surface area is 107 Å². The lowest BCUT2D eigenvalue weighted by Crippen LogP contribution is -2.30. The smallest absolute Gasteiger partial charge is 0.214 e. The van der Waals surface area contributed by atoms with Crippen LogP contribution in [0.25, 0.3) is 0 Å². The summed E-state index contributed by atoms with van der Waals surface area (Å²) in [6.07, 6.45) is -0.814. The van der Waals surface area contributed by atoms with Crippen molar-refractivity contribution in [2.45, 2.75) is 13.0 Å². The van der Waals surface area contributed by atoms with Crippen LogP contribution < -0.4 is 5.73 Å². The molecule has 1 aromatic carbocycles. The molecule has 100 valence electrons. The van der Waals surface area contributed by atoms with E-state index in [1.54, 1.807) is 24.3 Å². The monoisotopic (exact) mass is 270 g/mol. The Morgan fingerprint density at radius 3 is 2.56 bits per heavy atom. The Bertz CT molecular complexity index is 513. The molecule has 1 aliphatic rings. The maximum atomic E-state index is 11.8.